The zero-order valence-corrected chi connectivity index (χ0v) is 9.45. The second kappa shape index (κ2) is 4.00. The summed E-state index contributed by atoms with van der Waals surface area (Å²) < 4.78 is 1.74. The van der Waals surface area contributed by atoms with Crippen molar-refractivity contribution in [3.63, 3.8) is 0 Å². The van der Waals surface area contributed by atoms with Gasteiger partial charge in [-0.15, -0.1) is 0 Å². The van der Waals surface area contributed by atoms with Crippen LogP contribution < -0.4 is 0 Å². The predicted octanol–water partition coefficient (Wildman–Crippen LogP) is 2.76. The van der Waals surface area contributed by atoms with Gasteiger partial charge in [0.25, 0.3) is 0 Å². The molecule has 1 aromatic carbocycles. The lowest BCUT2D eigenvalue weighted by Gasteiger charge is -2.02. The van der Waals surface area contributed by atoms with E-state index >= 15 is 0 Å². The number of nitrogens with zero attached hydrogens (tertiary/aromatic N) is 2. The Labute approximate surface area is 103 Å². The molecule has 4 nitrogen and oxygen atoms in total. The van der Waals surface area contributed by atoms with E-state index in [4.69, 9.17) is 5.11 Å². The second-order valence-corrected chi connectivity index (χ2v) is 3.97. The average molecular weight is 238 g/mol. The molecule has 4 heteroatoms. The second-order valence-electron chi connectivity index (χ2n) is 3.97. The number of aromatic nitrogens is 1. The number of fused-ring (bicyclic) bond motifs is 3. The van der Waals surface area contributed by atoms with E-state index in [0.717, 1.165) is 16.6 Å². The normalized spacial score (nSPS) is 18.7. The van der Waals surface area contributed by atoms with Crippen LogP contribution in [0.2, 0.25) is 0 Å². The number of hydrogen-bond donors (Lipinski definition) is 1. The molecular formula is C14H10N2O2. The molecular weight excluding hydrogens is 228 g/mol. The molecule has 0 atom stereocenters. The summed E-state index contributed by atoms with van der Waals surface area (Å²) in [5.74, 6) is -0.933. The summed E-state index contributed by atoms with van der Waals surface area (Å²) in [6.45, 7) is 0. The quantitative estimate of drug-likeness (QED) is 0.830. The van der Waals surface area contributed by atoms with E-state index in [2.05, 4.69) is 5.10 Å². The fraction of sp³-hybridized carbons (Fsp3) is 0. The van der Waals surface area contributed by atoms with E-state index < -0.39 is 5.97 Å². The summed E-state index contributed by atoms with van der Waals surface area (Å²) >= 11 is 0. The average Bonchev–Trinajstić information content (AvgIpc) is 2.65. The number of benzene rings is 1. The Kier molecular flexibility index (Phi) is 2.34. The lowest BCUT2D eigenvalue weighted by atomic mass is 10.1. The third-order valence-corrected chi connectivity index (χ3v) is 2.81. The van der Waals surface area contributed by atoms with Crippen molar-refractivity contribution >= 4 is 29.2 Å². The molecule has 1 aliphatic heterocycles. The van der Waals surface area contributed by atoms with Crippen LogP contribution in [0.4, 0.5) is 0 Å². The van der Waals surface area contributed by atoms with E-state index in [-0.39, 0.29) is 5.56 Å². The Bertz CT molecular complexity index is 721. The van der Waals surface area contributed by atoms with E-state index in [1.54, 1.807) is 29.1 Å². The maximum Gasteiger partial charge on any atom is 0.335 e. The molecule has 1 N–H and O–H groups in total. The molecule has 2 aromatic rings. The molecule has 2 heterocycles. The van der Waals surface area contributed by atoms with Crippen molar-refractivity contribution in [2.75, 3.05) is 0 Å². The van der Waals surface area contributed by atoms with Crippen molar-refractivity contribution in [1.29, 1.82) is 0 Å². The van der Waals surface area contributed by atoms with Crippen molar-refractivity contribution < 1.29 is 9.90 Å². The number of allylic oxidation sites excluding steroid dienone is 3. The largest absolute Gasteiger partial charge is 0.478 e. The van der Waals surface area contributed by atoms with Crippen LogP contribution >= 0.6 is 0 Å². The molecule has 88 valence electrons. The van der Waals surface area contributed by atoms with Crippen molar-refractivity contribution in [2.24, 2.45) is 5.10 Å². The topological polar surface area (TPSA) is 54.6 Å². The monoisotopic (exact) mass is 238 g/mol. The van der Waals surface area contributed by atoms with Crippen LogP contribution in [0.15, 0.2) is 47.6 Å². The third kappa shape index (κ3) is 1.64. The van der Waals surface area contributed by atoms with Gasteiger partial charge < -0.3 is 5.11 Å². The Balaban J connectivity index is 2.30. The van der Waals surface area contributed by atoms with Crippen LogP contribution in [0.25, 0.3) is 17.0 Å². The predicted molar refractivity (Wildman–Crippen MR) is 71.0 cm³/mol. The number of carboxylic acids is 1. The highest BCUT2D eigenvalue weighted by Gasteiger charge is 2.10. The van der Waals surface area contributed by atoms with E-state index in [1.807, 2.05) is 30.4 Å². The lowest BCUT2D eigenvalue weighted by molar-refractivity contribution is 0.0697. The molecule has 0 bridgehead atoms. The van der Waals surface area contributed by atoms with Gasteiger partial charge in [0.05, 0.1) is 16.8 Å². The molecule has 1 aliphatic rings. The maximum atomic E-state index is 11.0. The highest BCUT2D eigenvalue weighted by atomic mass is 16.4. The number of hydrogen-bond acceptors (Lipinski definition) is 2. The molecule has 18 heavy (non-hydrogen) atoms. The SMILES string of the molecule is O=C(O)c1ccc2cc3n(c2c1)\N=C/C=C\C=C/3. The van der Waals surface area contributed by atoms with E-state index in [9.17, 15) is 4.79 Å². The minimum atomic E-state index is -0.933. The van der Waals surface area contributed by atoms with Crippen LogP contribution in [0, 0.1) is 0 Å². The van der Waals surface area contributed by atoms with Crippen molar-refractivity contribution in [3.8, 4) is 0 Å². The minimum absolute atomic E-state index is 0.264. The van der Waals surface area contributed by atoms with Gasteiger partial charge in [-0.05, 0) is 30.4 Å². The fourth-order valence-electron chi connectivity index (χ4n) is 1.96. The maximum absolute atomic E-state index is 11.0. The standard InChI is InChI=1S/C14H10N2O2/c17-14(18)11-6-5-10-8-12-4-2-1-3-7-15-16(12)13(10)9-11/h1-9H,(H,17,18)/b3-1-,4-2-,15-7-. The first-order chi connectivity index (χ1) is 8.75. The van der Waals surface area contributed by atoms with Gasteiger partial charge in [-0.3, -0.25) is 0 Å². The molecule has 0 saturated carbocycles. The number of carboxylic acid groups (broad SMARTS) is 1. The molecule has 0 radical (unpaired) electrons. The van der Waals surface area contributed by atoms with Gasteiger partial charge in [0.2, 0.25) is 0 Å². The van der Waals surface area contributed by atoms with Crippen LogP contribution in [-0.2, 0) is 0 Å². The van der Waals surface area contributed by atoms with Crippen molar-refractivity contribution in [3.05, 3.63) is 53.8 Å². The zero-order chi connectivity index (χ0) is 12.5. The summed E-state index contributed by atoms with van der Waals surface area (Å²) in [7, 11) is 0. The zero-order valence-electron chi connectivity index (χ0n) is 9.45. The number of aromatic carboxylic acids is 1. The van der Waals surface area contributed by atoms with E-state index in [1.165, 1.54) is 0 Å². The highest BCUT2D eigenvalue weighted by Crippen LogP contribution is 2.23. The molecule has 0 unspecified atom stereocenters. The van der Waals surface area contributed by atoms with Crippen LogP contribution in [0.5, 0.6) is 0 Å². The van der Waals surface area contributed by atoms with Crippen LogP contribution in [0.1, 0.15) is 16.1 Å². The Morgan fingerprint density at radius 3 is 2.89 bits per heavy atom. The number of rotatable bonds is 1. The van der Waals surface area contributed by atoms with Gasteiger partial charge in [0, 0.05) is 11.6 Å². The number of carbonyl (C=O) groups is 1. The van der Waals surface area contributed by atoms with Crippen molar-refractivity contribution in [2.45, 2.75) is 0 Å². The van der Waals surface area contributed by atoms with Gasteiger partial charge in [-0.2, -0.15) is 5.10 Å². The van der Waals surface area contributed by atoms with E-state index in [0.29, 0.717) is 0 Å². The first-order valence-electron chi connectivity index (χ1n) is 5.52. The van der Waals surface area contributed by atoms with Gasteiger partial charge in [-0.25, -0.2) is 9.47 Å². The summed E-state index contributed by atoms with van der Waals surface area (Å²) in [5, 5.41) is 14.3. The summed E-state index contributed by atoms with van der Waals surface area (Å²) in [6, 6.07) is 7.02. The molecule has 0 fully saturated rings. The highest BCUT2D eigenvalue weighted by molar-refractivity contribution is 5.94. The Morgan fingerprint density at radius 2 is 2.06 bits per heavy atom. The summed E-state index contributed by atoms with van der Waals surface area (Å²) in [6.07, 6.45) is 9.26. The fourth-order valence-corrected chi connectivity index (χ4v) is 1.96. The molecule has 0 spiro atoms. The van der Waals surface area contributed by atoms with Gasteiger partial charge in [-0.1, -0.05) is 18.2 Å². The summed E-state index contributed by atoms with van der Waals surface area (Å²) in [5.41, 5.74) is 1.98. The molecule has 0 aliphatic carbocycles. The molecule has 1 aromatic heterocycles. The first-order valence-corrected chi connectivity index (χ1v) is 5.52. The Morgan fingerprint density at radius 1 is 1.17 bits per heavy atom. The molecule has 0 amide bonds. The van der Waals surface area contributed by atoms with Crippen LogP contribution in [-0.4, -0.2) is 22.0 Å². The first kappa shape index (κ1) is 10.5. The third-order valence-electron chi connectivity index (χ3n) is 2.81. The lowest BCUT2D eigenvalue weighted by Crippen LogP contribution is -1.97. The minimum Gasteiger partial charge on any atom is -0.478 e. The molecule has 3 rings (SSSR count). The van der Waals surface area contributed by atoms with Crippen molar-refractivity contribution in [1.82, 2.24) is 4.68 Å². The smallest absolute Gasteiger partial charge is 0.335 e. The molecule has 0 saturated heterocycles. The Hall–Kier alpha value is -2.62. The van der Waals surface area contributed by atoms with Gasteiger partial charge in [0.15, 0.2) is 0 Å². The van der Waals surface area contributed by atoms with Crippen LogP contribution in [0.3, 0.4) is 0 Å². The van der Waals surface area contributed by atoms with Gasteiger partial charge >= 0.3 is 5.97 Å². The summed E-state index contributed by atoms with van der Waals surface area (Å²) in [4.78, 5) is 11.0. The van der Waals surface area contributed by atoms with Gasteiger partial charge in [0.1, 0.15) is 0 Å².